The number of rotatable bonds is 2. The monoisotopic (exact) mass is 317 g/mol. The van der Waals surface area contributed by atoms with Gasteiger partial charge in [0.1, 0.15) is 5.82 Å². The summed E-state index contributed by atoms with van der Waals surface area (Å²) in [4.78, 5) is 19.8. The normalized spacial score (nSPS) is 18.9. The lowest BCUT2D eigenvalue weighted by atomic mass is 10.0. The van der Waals surface area contributed by atoms with Gasteiger partial charge in [0.2, 0.25) is 0 Å². The fourth-order valence-electron chi connectivity index (χ4n) is 2.81. The van der Waals surface area contributed by atoms with Crippen LogP contribution in [0.25, 0.3) is 0 Å². The van der Waals surface area contributed by atoms with Gasteiger partial charge in [-0.3, -0.25) is 9.69 Å². The van der Waals surface area contributed by atoms with Gasteiger partial charge in [0.15, 0.2) is 11.5 Å². The summed E-state index contributed by atoms with van der Waals surface area (Å²) in [6.45, 7) is 1.60. The molecule has 1 amide bonds. The van der Waals surface area contributed by atoms with Crippen molar-refractivity contribution in [2.75, 3.05) is 26.7 Å². The number of benzene rings is 1. The number of carbonyl (C=O) groups excluding carboxylic acids is 1. The summed E-state index contributed by atoms with van der Waals surface area (Å²) < 4.78 is 26.7. The van der Waals surface area contributed by atoms with Crippen LogP contribution in [0.1, 0.15) is 22.1 Å². The van der Waals surface area contributed by atoms with E-state index in [1.165, 1.54) is 0 Å². The Labute approximate surface area is 133 Å². The van der Waals surface area contributed by atoms with Crippen LogP contribution in [0.4, 0.5) is 8.78 Å². The van der Waals surface area contributed by atoms with E-state index >= 15 is 0 Å². The van der Waals surface area contributed by atoms with Gasteiger partial charge in [-0.05, 0) is 12.6 Å². The van der Waals surface area contributed by atoms with Gasteiger partial charge in [-0.1, -0.05) is 30.3 Å². The molecule has 23 heavy (non-hydrogen) atoms. The Bertz CT molecular complexity index is 708. The third-order valence-electron chi connectivity index (χ3n) is 4.13. The first-order valence-electron chi connectivity index (χ1n) is 7.42. The summed E-state index contributed by atoms with van der Waals surface area (Å²) in [6.07, 6.45) is 0.862. The number of hydrogen-bond donors (Lipinski definition) is 0. The number of pyridine rings is 1. The molecule has 120 valence electrons. The second-order valence-electron chi connectivity index (χ2n) is 5.64. The van der Waals surface area contributed by atoms with E-state index in [1.807, 2.05) is 37.4 Å². The largest absolute Gasteiger partial charge is 0.334 e. The number of carbonyl (C=O) groups is 1. The van der Waals surface area contributed by atoms with Gasteiger partial charge in [-0.2, -0.15) is 0 Å². The lowest BCUT2D eigenvalue weighted by Gasteiger charge is -2.39. The van der Waals surface area contributed by atoms with Crippen molar-refractivity contribution in [3.8, 4) is 0 Å². The zero-order chi connectivity index (χ0) is 16.4. The average molecular weight is 317 g/mol. The highest BCUT2D eigenvalue weighted by molar-refractivity contribution is 5.92. The molecule has 1 aromatic carbocycles. The summed E-state index contributed by atoms with van der Waals surface area (Å²) >= 11 is 0. The Morgan fingerprint density at radius 3 is 2.65 bits per heavy atom. The first-order chi connectivity index (χ1) is 11.1. The van der Waals surface area contributed by atoms with E-state index < -0.39 is 17.5 Å². The quantitative estimate of drug-likeness (QED) is 0.854. The number of halogens is 2. The molecule has 2 heterocycles. The molecule has 4 nitrogen and oxygen atoms in total. The van der Waals surface area contributed by atoms with Crippen LogP contribution in [-0.4, -0.2) is 47.4 Å². The Kier molecular flexibility index (Phi) is 4.34. The highest BCUT2D eigenvalue weighted by atomic mass is 19.1. The molecule has 3 rings (SSSR count). The van der Waals surface area contributed by atoms with Crippen molar-refractivity contribution in [2.45, 2.75) is 6.04 Å². The van der Waals surface area contributed by atoms with Crippen molar-refractivity contribution >= 4 is 5.91 Å². The van der Waals surface area contributed by atoms with Gasteiger partial charge in [0.05, 0.1) is 12.2 Å². The zero-order valence-corrected chi connectivity index (χ0v) is 12.7. The van der Waals surface area contributed by atoms with E-state index in [4.69, 9.17) is 0 Å². The van der Waals surface area contributed by atoms with E-state index in [9.17, 15) is 13.6 Å². The standard InChI is InChI=1S/C17H17F2N3O/c1-21-7-8-22(11-15(21)12-5-3-2-4-6-12)17(23)16-14(19)9-13(18)10-20-16/h2-6,9-10,15H,7-8,11H2,1H3/t15-/m0/s1. The van der Waals surface area contributed by atoms with E-state index in [-0.39, 0.29) is 11.7 Å². The highest BCUT2D eigenvalue weighted by Gasteiger charge is 2.30. The lowest BCUT2D eigenvalue weighted by molar-refractivity contribution is 0.0536. The van der Waals surface area contributed by atoms with Gasteiger partial charge >= 0.3 is 0 Å². The minimum absolute atomic E-state index is 0.0393. The molecule has 1 atom stereocenters. The first-order valence-corrected chi connectivity index (χ1v) is 7.42. The molecular weight excluding hydrogens is 300 g/mol. The fourth-order valence-corrected chi connectivity index (χ4v) is 2.81. The lowest BCUT2D eigenvalue weighted by Crippen LogP contribution is -2.49. The Hall–Kier alpha value is -2.34. The number of aromatic nitrogens is 1. The number of piperazine rings is 1. The van der Waals surface area contributed by atoms with Crippen molar-refractivity contribution in [1.82, 2.24) is 14.8 Å². The van der Waals surface area contributed by atoms with Crippen molar-refractivity contribution in [3.05, 3.63) is 65.5 Å². The second-order valence-corrected chi connectivity index (χ2v) is 5.64. The number of likely N-dealkylation sites (N-methyl/N-ethyl adjacent to an activating group) is 1. The average Bonchev–Trinajstić information content (AvgIpc) is 2.55. The predicted octanol–water partition coefficient (Wildman–Crippen LogP) is 2.49. The van der Waals surface area contributed by atoms with Gasteiger partial charge in [0.25, 0.3) is 5.91 Å². The minimum atomic E-state index is -0.926. The number of nitrogens with zero attached hydrogens (tertiary/aromatic N) is 3. The van der Waals surface area contributed by atoms with E-state index in [2.05, 4.69) is 9.88 Å². The van der Waals surface area contributed by atoms with Crippen molar-refractivity contribution < 1.29 is 13.6 Å². The third kappa shape index (κ3) is 3.22. The fraction of sp³-hybridized carbons (Fsp3) is 0.294. The van der Waals surface area contributed by atoms with Crippen LogP contribution in [0.2, 0.25) is 0 Å². The molecule has 1 fully saturated rings. The highest BCUT2D eigenvalue weighted by Crippen LogP contribution is 2.24. The van der Waals surface area contributed by atoms with Crippen LogP contribution in [0.3, 0.4) is 0 Å². The van der Waals surface area contributed by atoms with Crippen molar-refractivity contribution in [1.29, 1.82) is 0 Å². The van der Waals surface area contributed by atoms with Gasteiger partial charge < -0.3 is 4.90 Å². The molecule has 0 radical (unpaired) electrons. The SMILES string of the molecule is CN1CCN(C(=O)c2ncc(F)cc2F)C[C@H]1c1ccccc1. The molecule has 6 heteroatoms. The molecule has 0 N–H and O–H groups in total. The summed E-state index contributed by atoms with van der Waals surface area (Å²) in [7, 11) is 2.00. The molecule has 0 aliphatic carbocycles. The molecule has 1 aromatic heterocycles. The van der Waals surface area contributed by atoms with E-state index in [0.29, 0.717) is 25.7 Å². The Balaban J connectivity index is 1.82. The predicted molar refractivity (Wildman–Crippen MR) is 81.9 cm³/mol. The van der Waals surface area contributed by atoms with Crippen LogP contribution in [0.15, 0.2) is 42.6 Å². The molecule has 0 unspecified atom stereocenters. The van der Waals surface area contributed by atoms with Gasteiger partial charge in [0, 0.05) is 25.7 Å². The maximum atomic E-state index is 13.8. The van der Waals surface area contributed by atoms with Crippen LogP contribution in [-0.2, 0) is 0 Å². The molecule has 2 aromatic rings. The molecule has 1 saturated heterocycles. The molecule has 0 spiro atoms. The third-order valence-corrected chi connectivity index (χ3v) is 4.13. The van der Waals surface area contributed by atoms with Crippen LogP contribution < -0.4 is 0 Å². The Morgan fingerprint density at radius 2 is 1.96 bits per heavy atom. The summed E-state index contributed by atoms with van der Waals surface area (Å²) in [6, 6.07) is 10.6. The minimum Gasteiger partial charge on any atom is -0.334 e. The van der Waals surface area contributed by atoms with Crippen molar-refractivity contribution in [2.24, 2.45) is 0 Å². The first kappa shape index (κ1) is 15.6. The van der Waals surface area contributed by atoms with Gasteiger partial charge in [-0.25, -0.2) is 13.8 Å². The zero-order valence-electron chi connectivity index (χ0n) is 12.7. The molecule has 1 aliphatic rings. The van der Waals surface area contributed by atoms with Crippen molar-refractivity contribution in [3.63, 3.8) is 0 Å². The summed E-state index contributed by atoms with van der Waals surface area (Å²) in [5, 5.41) is 0. The maximum Gasteiger partial charge on any atom is 0.275 e. The number of hydrogen-bond acceptors (Lipinski definition) is 3. The summed E-state index contributed by atoms with van der Waals surface area (Å²) in [5.74, 6) is -2.22. The molecule has 1 aliphatic heterocycles. The van der Waals surface area contributed by atoms with E-state index in [1.54, 1.807) is 4.90 Å². The van der Waals surface area contributed by atoms with E-state index in [0.717, 1.165) is 11.8 Å². The molecular formula is C17H17F2N3O. The molecule has 0 bridgehead atoms. The second kappa shape index (κ2) is 6.42. The topological polar surface area (TPSA) is 36.4 Å². The van der Waals surface area contributed by atoms with Crippen LogP contribution in [0, 0.1) is 11.6 Å². The summed E-state index contributed by atoms with van der Waals surface area (Å²) in [5.41, 5.74) is 0.766. The van der Waals surface area contributed by atoms with Crippen LogP contribution in [0.5, 0.6) is 0 Å². The maximum absolute atomic E-state index is 13.8. The number of amides is 1. The van der Waals surface area contributed by atoms with Gasteiger partial charge in [-0.15, -0.1) is 0 Å². The van der Waals surface area contributed by atoms with Crippen LogP contribution >= 0.6 is 0 Å². The smallest absolute Gasteiger partial charge is 0.275 e. The Morgan fingerprint density at radius 1 is 1.22 bits per heavy atom. The molecule has 0 saturated carbocycles.